The van der Waals surface area contributed by atoms with E-state index in [1.54, 1.807) is 0 Å². The molecule has 0 bridgehead atoms. The van der Waals surface area contributed by atoms with E-state index in [2.05, 4.69) is 24.3 Å². The average molecular weight is 166 g/mol. The second kappa shape index (κ2) is 5.12. The van der Waals surface area contributed by atoms with Crippen molar-refractivity contribution in [3.05, 3.63) is 24.3 Å². The Morgan fingerprint density at radius 1 is 0.667 bits per heavy atom. The highest BCUT2D eigenvalue weighted by Gasteiger charge is 2.00. The molecular formula is C10H18N2. The van der Waals surface area contributed by atoms with Gasteiger partial charge < -0.3 is 11.5 Å². The third-order valence-electron chi connectivity index (χ3n) is 2.09. The molecule has 0 aromatic carbocycles. The first-order valence-electron chi connectivity index (χ1n) is 4.60. The van der Waals surface area contributed by atoms with Gasteiger partial charge in [0, 0.05) is 12.1 Å². The minimum atomic E-state index is 0.284. The molecule has 68 valence electrons. The Kier molecular flexibility index (Phi) is 4.05. The van der Waals surface area contributed by atoms with Gasteiger partial charge in [0.05, 0.1) is 0 Å². The molecule has 0 spiro atoms. The highest BCUT2D eigenvalue weighted by atomic mass is 14.6. The SMILES string of the molecule is NC1C/C=C\CC(N)C/C=C/C1. The lowest BCUT2D eigenvalue weighted by atomic mass is 10.0. The Hall–Kier alpha value is -0.600. The van der Waals surface area contributed by atoms with Gasteiger partial charge in [0.1, 0.15) is 0 Å². The number of nitrogens with two attached hydrogens (primary N) is 2. The first kappa shape index (κ1) is 9.49. The van der Waals surface area contributed by atoms with Crippen LogP contribution in [0.5, 0.6) is 0 Å². The Bertz CT molecular complexity index is 137. The van der Waals surface area contributed by atoms with Crippen LogP contribution >= 0.6 is 0 Å². The van der Waals surface area contributed by atoms with Crippen LogP contribution in [0.1, 0.15) is 25.7 Å². The molecule has 0 fully saturated rings. The molecule has 1 aliphatic carbocycles. The molecule has 0 heterocycles. The van der Waals surface area contributed by atoms with Crippen LogP contribution < -0.4 is 11.5 Å². The topological polar surface area (TPSA) is 52.0 Å². The van der Waals surface area contributed by atoms with Crippen LogP contribution in [0.25, 0.3) is 0 Å². The van der Waals surface area contributed by atoms with E-state index in [9.17, 15) is 0 Å². The summed E-state index contributed by atoms with van der Waals surface area (Å²) in [5.41, 5.74) is 11.7. The smallest absolute Gasteiger partial charge is 0.0108 e. The van der Waals surface area contributed by atoms with Crippen LogP contribution in [-0.4, -0.2) is 12.1 Å². The molecule has 0 aliphatic heterocycles. The van der Waals surface area contributed by atoms with Gasteiger partial charge in [-0.25, -0.2) is 0 Å². The first-order valence-corrected chi connectivity index (χ1v) is 4.60. The van der Waals surface area contributed by atoms with Crippen LogP contribution in [0, 0.1) is 0 Å². The number of rotatable bonds is 0. The van der Waals surface area contributed by atoms with E-state index in [-0.39, 0.29) is 12.1 Å². The molecule has 12 heavy (non-hydrogen) atoms. The van der Waals surface area contributed by atoms with Crippen LogP contribution in [0.15, 0.2) is 24.3 Å². The van der Waals surface area contributed by atoms with E-state index in [1.165, 1.54) is 0 Å². The van der Waals surface area contributed by atoms with Crippen molar-refractivity contribution >= 4 is 0 Å². The van der Waals surface area contributed by atoms with E-state index in [0.717, 1.165) is 25.7 Å². The van der Waals surface area contributed by atoms with Crippen molar-refractivity contribution in [2.45, 2.75) is 37.8 Å². The van der Waals surface area contributed by atoms with E-state index >= 15 is 0 Å². The zero-order valence-electron chi connectivity index (χ0n) is 7.45. The average Bonchev–Trinajstić information content (AvgIpc) is 2.06. The van der Waals surface area contributed by atoms with Crippen molar-refractivity contribution in [3.8, 4) is 0 Å². The summed E-state index contributed by atoms with van der Waals surface area (Å²) in [6.45, 7) is 0. The summed E-state index contributed by atoms with van der Waals surface area (Å²) in [4.78, 5) is 0. The van der Waals surface area contributed by atoms with Crippen LogP contribution in [0.2, 0.25) is 0 Å². The molecule has 0 saturated heterocycles. The van der Waals surface area contributed by atoms with Crippen molar-refractivity contribution in [2.75, 3.05) is 0 Å². The Balaban J connectivity index is 2.43. The molecule has 2 nitrogen and oxygen atoms in total. The summed E-state index contributed by atoms with van der Waals surface area (Å²) >= 11 is 0. The van der Waals surface area contributed by atoms with Gasteiger partial charge >= 0.3 is 0 Å². The summed E-state index contributed by atoms with van der Waals surface area (Å²) in [6, 6.07) is 0.568. The van der Waals surface area contributed by atoms with Gasteiger partial charge in [-0.05, 0) is 25.7 Å². The minimum absolute atomic E-state index is 0.284. The van der Waals surface area contributed by atoms with E-state index in [4.69, 9.17) is 11.5 Å². The first-order chi connectivity index (χ1) is 5.79. The van der Waals surface area contributed by atoms with Crippen LogP contribution in [-0.2, 0) is 0 Å². The highest BCUT2D eigenvalue weighted by Crippen LogP contribution is 2.05. The standard InChI is InChI=1S/C10H18N2/c11-9-5-1-2-6-10(12)8-4-3-7-9/h1-4,9-10H,5-8,11-12H2/b2-1-,4-3+. The highest BCUT2D eigenvalue weighted by molar-refractivity contribution is 4.96. The lowest BCUT2D eigenvalue weighted by Crippen LogP contribution is -2.20. The third-order valence-corrected chi connectivity index (χ3v) is 2.09. The Morgan fingerprint density at radius 2 is 0.917 bits per heavy atom. The summed E-state index contributed by atoms with van der Waals surface area (Å²) < 4.78 is 0. The van der Waals surface area contributed by atoms with Gasteiger partial charge in [0.15, 0.2) is 0 Å². The van der Waals surface area contributed by atoms with Gasteiger partial charge in [0.25, 0.3) is 0 Å². The van der Waals surface area contributed by atoms with Crippen molar-refractivity contribution < 1.29 is 0 Å². The molecule has 0 saturated carbocycles. The van der Waals surface area contributed by atoms with Crippen molar-refractivity contribution in [2.24, 2.45) is 11.5 Å². The fourth-order valence-electron chi connectivity index (χ4n) is 1.28. The van der Waals surface area contributed by atoms with Crippen molar-refractivity contribution in [1.82, 2.24) is 0 Å². The monoisotopic (exact) mass is 166 g/mol. The lowest BCUT2D eigenvalue weighted by Gasteiger charge is -2.09. The normalized spacial score (nSPS) is 37.2. The van der Waals surface area contributed by atoms with Crippen molar-refractivity contribution in [1.29, 1.82) is 0 Å². The van der Waals surface area contributed by atoms with Gasteiger partial charge in [-0.1, -0.05) is 24.3 Å². The maximum absolute atomic E-state index is 5.83. The fraction of sp³-hybridized carbons (Fsp3) is 0.600. The Labute approximate surface area is 74.3 Å². The van der Waals surface area contributed by atoms with E-state index < -0.39 is 0 Å². The lowest BCUT2D eigenvalue weighted by molar-refractivity contribution is 0.659. The molecule has 2 unspecified atom stereocenters. The largest absolute Gasteiger partial charge is 0.327 e. The molecule has 1 aliphatic rings. The zero-order valence-corrected chi connectivity index (χ0v) is 7.45. The summed E-state index contributed by atoms with van der Waals surface area (Å²) in [5.74, 6) is 0. The molecule has 0 amide bonds. The predicted octanol–water partition coefficient (Wildman–Crippen LogP) is 1.33. The third kappa shape index (κ3) is 3.69. The molecule has 1 rings (SSSR count). The molecule has 0 aromatic heterocycles. The van der Waals surface area contributed by atoms with Crippen LogP contribution in [0.4, 0.5) is 0 Å². The number of hydrogen-bond acceptors (Lipinski definition) is 2. The fourth-order valence-corrected chi connectivity index (χ4v) is 1.28. The maximum atomic E-state index is 5.83. The molecule has 0 aromatic rings. The molecule has 2 heteroatoms. The molecule has 2 atom stereocenters. The predicted molar refractivity (Wildman–Crippen MR) is 52.7 cm³/mol. The second-order valence-electron chi connectivity index (χ2n) is 3.41. The molecule has 0 radical (unpaired) electrons. The van der Waals surface area contributed by atoms with E-state index in [0.29, 0.717) is 0 Å². The minimum Gasteiger partial charge on any atom is -0.327 e. The quantitative estimate of drug-likeness (QED) is 0.533. The van der Waals surface area contributed by atoms with Gasteiger partial charge in [-0.15, -0.1) is 0 Å². The number of hydrogen-bond donors (Lipinski definition) is 2. The summed E-state index contributed by atoms with van der Waals surface area (Å²) in [5, 5.41) is 0. The molecular weight excluding hydrogens is 148 g/mol. The summed E-state index contributed by atoms with van der Waals surface area (Å²) in [7, 11) is 0. The van der Waals surface area contributed by atoms with Crippen LogP contribution in [0.3, 0.4) is 0 Å². The Morgan fingerprint density at radius 3 is 1.17 bits per heavy atom. The van der Waals surface area contributed by atoms with Crippen molar-refractivity contribution in [3.63, 3.8) is 0 Å². The zero-order chi connectivity index (χ0) is 8.81. The van der Waals surface area contributed by atoms with Gasteiger partial charge in [0.2, 0.25) is 0 Å². The second-order valence-corrected chi connectivity index (χ2v) is 3.41. The summed E-state index contributed by atoms with van der Waals surface area (Å²) in [6.07, 6.45) is 12.4. The molecule has 4 N–H and O–H groups in total. The maximum Gasteiger partial charge on any atom is 0.0108 e. The van der Waals surface area contributed by atoms with E-state index in [1.807, 2.05) is 0 Å². The van der Waals surface area contributed by atoms with Gasteiger partial charge in [-0.3, -0.25) is 0 Å². The van der Waals surface area contributed by atoms with Gasteiger partial charge in [-0.2, -0.15) is 0 Å².